The van der Waals surface area contributed by atoms with Crippen molar-refractivity contribution in [2.24, 2.45) is 11.3 Å². The Labute approximate surface area is 63.2 Å². The number of halogens is 3. The van der Waals surface area contributed by atoms with Gasteiger partial charge < -0.3 is 4.90 Å². The molecule has 64 valence electrons. The molecule has 11 heavy (non-hydrogen) atoms. The molecule has 1 saturated carbocycles. The van der Waals surface area contributed by atoms with E-state index in [1.807, 2.05) is 0 Å². The van der Waals surface area contributed by atoms with Crippen LogP contribution in [0.5, 0.6) is 0 Å². The van der Waals surface area contributed by atoms with E-state index in [9.17, 15) is 13.2 Å². The molecule has 0 spiro atoms. The van der Waals surface area contributed by atoms with E-state index in [4.69, 9.17) is 0 Å². The van der Waals surface area contributed by atoms with E-state index in [2.05, 4.69) is 0 Å². The van der Waals surface area contributed by atoms with Gasteiger partial charge in [-0.3, -0.25) is 0 Å². The fourth-order valence-electron chi connectivity index (χ4n) is 2.17. The lowest BCUT2D eigenvalue weighted by Crippen LogP contribution is -2.31. The van der Waals surface area contributed by atoms with Gasteiger partial charge in [-0.05, 0) is 19.4 Å². The van der Waals surface area contributed by atoms with Crippen LogP contribution in [0.25, 0.3) is 0 Å². The van der Waals surface area contributed by atoms with Crippen molar-refractivity contribution in [1.82, 2.24) is 4.90 Å². The Hall–Kier alpha value is -0.250. The summed E-state index contributed by atoms with van der Waals surface area (Å²) >= 11 is 0. The topological polar surface area (TPSA) is 3.24 Å². The molecule has 1 aliphatic heterocycles. The molecule has 0 N–H and O–H groups in total. The first-order chi connectivity index (χ1) is 4.96. The van der Waals surface area contributed by atoms with Crippen LogP contribution in [0.4, 0.5) is 13.2 Å². The zero-order valence-electron chi connectivity index (χ0n) is 6.28. The van der Waals surface area contributed by atoms with Crippen molar-refractivity contribution in [3.63, 3.8) is 0 Å². The average molecular weight is 165 g/mol. The fourth-order valence-corrected chi connectivity index (χ4v) is 2.17. The summed E-state index contributed by atoms with van der Waals surface area (Å²) in [6.07, 6.45) is -3.61. The zero-order valence-corrected chi connectivity index (χ0v) is 6.28. The fraction of sp³-hybridized carbons (Fsp3) is 1.00. The summed E-state index contributed by atoms with van der Waals surface area (Å²) in [5, 5.41) is 0. The standard InChI is InChI=1S/C7H10F3N/c1-11-3-5-2-6(5,4-11)7(8,9)10/h5H,2-4H2,1H3. The van der Waals surface area contributed by atoms with E-state index in [1.165, 1.54) is 0 Å². The van der Waals surface area contributed by atoms with E-state index >= 15 is 0 Å². The maximum atomic E-state index is 12.3. The third-order valence-corrected chi connectivity index (χ3v) is 2.88. The first-order valence-electron chi connectivity index (χ1n) is 3.71. The van der Waals surface area contributed by atoms with Gasteiger partial charge in [0.1, 0.15) is 0 Å². The Morgan fingerprint density at radius 3 is 2.36 bits per heavy atom. The number of likely N-dealkylation sites (tertiary alicyclic amines) is 1. The van der Waals surface area contributed by atoms with Gasteiger partial charge in [0.15, 0.2) is 0 Å². The molecule has 1 nitrogen and oxygen atoms in total. The molecule has 2 rings (SSSR count). The maximum Gasteiger partial charge on any atom is 0.396 e. The first kappa shape index (κ1) is 7.40. The molecule has 2 atom stereocenters. The molecule has 0 amide bonds. The third-order valence-electron chi connectivity index (χ3n) is 2.88. The third kappa shape index (κ3) is 0.818. The Morgan fingerprint density at radius 1 is 1.45 bits per heavy atom. The highest BCUT2D eigenvalue weighted by molar-refractivity contribution is 5.13. The van der Waals surface area contributed by atoms with Crippen LogP contribution >= 0.6 is 0 Å². The normalized spacial score (nSPS) is 44.2. The highest BCUT2D eigenvalue weighted by Crippen LogP contribution is 2.65. The second-order valence-electron chi connectivity index (χ2n) is 3.75. The van der Waals surface area contributed by atoms with Gasteiger partial charge in [-0.15, -0.1) is 0 Å². The monoisotopic (exact) mass is 165 g/mol. The minimum absolute atomic E-state index is 0.104. The summed E-state index contributed by atoms with van der Waals surface area (Å²) in [6, 6.07) is 0. The predicted molar refractivity (Wildman–Crippen MR) is 34.1 cm³/mol. The Bertz CT molecular complexity index is 189. The van der Waals surface area contributed by atoms with Gasteiger partial charge in [0, 0.05) is 13.1 Å². The zero-order chi connectivity index (χ0) is 8.28. The van der Waals surface area contributed by atoms with E-state index in [1.54, 1.807) is 11.9 Å². The average Bonchev–Trinajstić information content (AvgIpc) is 2.35. The highest BCUT2D eigenvalue weighted by atomic mass is 19.4. The van der Waals surface area contributed by atoms with Crippen LogP contribution in [0, 0.1) is 11.3 Å². The van der Waals surface area contributed by atoms with Crippen LogP contribution in [0.3, 0.4) is 0 Å². The minimum Gasteiger partial charge on any atom is -0.305 e. The molecule has 0 aromatic carbocycles. The number of nitrogens with zero attached hydrogens (tertiary/aromatic N) is 1. The van der Waals surface area contributed by atoms with Gasteiger partial charge in [-0.2, -0.15) is 13.2 Å². The van der Waals surface area contributed by atoms with Gasteiger partial charge in [0.2, 0.25) is 0 Å². The molecule has 0 aromatic rings. The van der Waals surface area contributed by atoms with Crippen molar-refractivity contribution in [2.45, 2.75) is 12.6 Å². The van der Waals surface area contributed by atoms with Crippen molar-refractivity contribution in [1.29, 1.82) is 0 Å². The lowest BCUT2D eigenvalue weighted by Gasteiger charge is -2.18. The Balaban J connectivity index is 2.16. The number of fused-ring (bicyclic) bond motifs is 1. The molecular weight excluding hydrogens is 155 g/mol. The molecular formula is C7H10F3N. The van der Waals surface area contributed by atoms with Gasteiger partial charge in [0.05, 0.1) is 5.41 Å². The molecule has 0 bridgehead atoms. The Kier molecular flexibility index (Phi) is 1.17. The second-order valence-corrected chi connectivity index (χ2v) is 3.75. The van der Waals surface area contributed by atoms with Crippen LogP contribution in [0.15, 0.2) is 0 Å². The molecule has 0 aromatic heterocycles. The van der Waals surface area contributed by atoms with E-state index in [0.717, 1.165) is 0 Å². The number of alkyl halides is 3. The molecule has 2 fully saturated rings. The summed E-state index contributed by atoms with van der Waals surface area (Å²) in [7, 11) is 1.75. The van der Waals surface area contributed by atoms with Crippen molar-refractivity contribution in [3.8, 4) is 0 Å². The van der Waals surface area contributed by atoms with Gasteiger partial charge >= 0.3 is 6.18 Å². The van der Waals surface area contributed by atoms with Crippen molar-refractivity contribution in [3.05, 3.63) is 0 Å². The van der Waals surface area contributed by atoms with E-state index in [0.29, 0.717) is 13.0 Å². The molecule has 2 unspecified atom stereocenters. The van der Waals surface area contributed by atoms with E-state index in [-0.39, 0.29) is 12.5 Å². The number of hydrogen-bond acceptors (Lipinski definition) is 1. The number of rotatable bonds is 0. The maximum absolute atomic E-state index is 12.3. The predicted octanol–water partition coefficient (Wildman–Crippen LogP) is 1.50. The van der Waals surface area contributed by atoms with Crippen molar-refractivity contribution < 1.29 is 13.2 Å². The van der Waals surface area contributed by atoms with E-state index < -0.39 is 11.6 Å². The second kappa shape index (κ2) is 1.73. The van der Waals surface area contributed by atoms with Crippen LogP contribution in [0.2, 0.25) is 0 Å². The summed E-state index contributed by atoms with van der Waals surface area (Å²) < 4.78 is 37.0. The van der Waals surface area contributed by atoms with Crippen LogP contribution in [0.1, 0.15) is 6.42 Å². The lowest BCUT2D eigenvalue weighted by atomic mass is 10.1. The van der Waals surface area contributed by atoms with Crippen molar-refractivity contribution >= 4 is 0 Å². The molecule has 4 heteroatoms. The molecule has 1 saturated heterocycles. The molecule has 1 aliphatic carbocycles. The lowest BCUT2D eigenvalue weighted by molar-refractivity contribution is -0.187. The Morgan fingerprint density at radius 2 is 2.09 bits per heavy atom. The largest absolute Gasteiger partial charge is 0.396 e. The number of piperidine rings is 1. The van der Waals surface area contributed by atoms with Crippen LogP contribution in [-0.2, 0) is 0 Å². The first-order valence-corrected chi connectivity index (χ1v) is 3.71. The van der Waals surface area contributed by atoms with Crippen molar-refractivity contribution in [2.75, 3.05) is 20.1 Å². The van der Waals surface area contributed by atoms with Gasteiger partial charge in [-0.1, -0.05) is 0 Å². The quantitative estimate of drug-likeness (QED) is 0.525. The molecule has 2 aliphatic rings. The summed E-state index contributed by atoms with van der Waals surface area (Å²) in [6.45, 7) is 0.834. The summed E-state index contributed by atoms with van der Waals surface area (Å²) in [5.41, 5.74) is -1.30. The van der Waals surface area contributed by atoms with Gasteiger partial charge in [-0.25, -0.2) is 0 Å². The molecule has 0 radical (unpaired) electrons. The molecule has 1 heterocycles. The summed E-state index contributed by atoms with van der Waals surface area (Å²) in [5.74, 6) is -0.104. The smallest absolute Gasteiger partial charge is 0.305 e. The summed E-state index contributed by atoms with van der Waals surface area (Å²) in [4.78, 5) is 1.77. The highest BCUT2D eigenvalue weighted by Gasteiger charge is 2.73. The van der Waals surface area contributed by atoms with Crippen LogP contribution in [-0.4, -0.2) is 31.2 Å². The van der Waals surface area contributed by atoms with Gasteiger partial charge in [0.25, 0.3) is 0 Å². The minimum atomic E-state index is -3.97. The SMILES string of the molecule is CN1CC2CC2(C(F)(F)F)C1. The number of hydrogen-bond donors (Lipinski definition) is 0. The van der Waals surface area contributed by atoms with Crippen LogP contribution < -0.4 is 0 Å².